The number of aryl methyl sites for hydroxylation is 2. The topological polar surface area (TPSA) is 64.9 Å². The summed E-state index contributed by atoms with van der Waals surface area (Å²) in [5.41, 5.74) is 9.62. The van der Waals surface area contributed by atoms with Crippen molar-refractivity contribution in [3.05, 3.63) is 41.2 Å². The molecule has 0 saturated heterocycles. The van der Waals surface area contributed by atoms with Gasteiger partial charge in [0.05, 0.1) is 0 Å². The van der Waals surface area contributed by atoms with Crippen LogP contribution in [0.25, 0.3) is 22.4 Å². The second kappa shape index (κ2) is 4.63. The summed E-state index contributed by atoms with van der Waals surface area (Å²) in [4.78, 5) is 8.84. The van der Waals surface area contributed by atoms with E-state index < -0.39 is 0 Å². The third-order valence-corrected chi connectivity index (χ3v) is 3.52. The molecule has 0 spiro atoms. The molecular formula is C16H17N3O. The Morgan fingerprint density at radius 2 is 2.00 bits per heavy atom. The first kappa shape index (κ1) is 12.7. The van der Waals surface area contributed by atoms with Crippen LogP contribution in [0.4, 0.5) is 5.82 Å². The van der Waals surface area contributed by atoms with E-state index in [9.17, 15) is 0 Å². The molecule has 1 aromatic carbocycles. The van der Waals surface area contributed by atoms with Crippen LogP contribution in [0.2, 0.25) is 0 Å². The highest BCUT2D eigenvalue weighted by Gasteiger charge is 2.15. The molecule has 0 aliphatic carbocycles. The van der Waals surface area contributed by atoms with Gasteiger partial charge in [-0.1, -0.05) is 25.1 Å². The van der Waals surface area contributed by atoms with E-state index in [4.69, 9.17) is 10.2 Å². The van der Waals surface area contributed by atoms with E-state index in [1.807, 2.05) is 45.0 Å². The van der Waals surface area contributed by atoms with Crippen molar-refractivity contribution in [2.75, 3.05) is 5.73 Å². The molecule has 2 N–H and O–H groups in total. The van der Waals surface area contributed by atoms with Gasteiger partial charge >= 0.3 is 0 Å². The molecule has 4 nitrogen and oxygen atoms in total. The van der Waals surface area contributed by atoms with Crippen LogP contribution in [0, 0.1) is 13.8 Å². The summed E-state index contributed by atoms with van der Waals surface area (Å²) in [6, 6.07) is 8.11. The predicted molar refractivity (Wildman–Crippen MR) is 80.5 cm³/mol. The second-order valence-corrected chi connectivity index (χ2v) is 4.96. The van der Waals surface area contributed by atoms with E-state index in [2.05, 4.69) is 9.97 Å². The lowest BCUT2D eigenvalue weighted by Crippen LogP contribution is -2.03. The van der Waals surface area contributed by atoms with Crippen LogP contribution in [-0.2, 0) is 6.42 Å². The first-order chi connectivity index (χ1) is 9.60. The van der Waals surface area contributed by atoms with E-state index in [-0.39, 0.29) is 0 Å². The number of fused-ring (bicyclic) bond motifs is 1. The van der Waals surface area contributed by atoms with Gasteiger partial charge in [0.25, 0.3) is 0 Å². The summed E-state index contributed by atoms with van der Waals surface area (Å²) in [7, 11) is 0. The van der Waals surface area contributed by atoms with E-state index in [1.165, 1.54) is 0 Å². The highest BCUT2D eigenvalue weighted by atomic mass is 16.3. The van der Waals surface area contributed by atoms with Crippen molar-refractivity contribution >= 4 is 16.8 Å². The summed E-state index contributed by atoms with van der Waals surface area (Å²) in [6.07, 6.45) is 0.747. The minimum atomic E-state index is 0.518. The zero-order valence-corrected chi connectivity index (χ0v) is 11.9. The predicted octanol–water partition coefficient (Wildman–Crippen LogP) is 3.65. The Bertz CT molecular complexity index is 790. The summed E-state index contributed by atoms with van der Waals surface area (Å²) >= 11 is 0. The van der Waals surface area contributed by atoms with Gasteiger partial charge in [0.2, 0.25) is 0 Å². The Morgan fingerprint density at radius 1 is 1.20 bits per heavy atom. The van der Waals surface area contributed by atoms with Crippen LogP contribution in [0.15, 0.2) is 28.7 Å². The third kappa shape index (κ3) is 1.93. The Balaban J connectivity index is 2.25. The summed E-state index contributed by atoms with van der Waals surface area (Å²) < 4.78 is 5.97. The Kier molecular flexibility index (Phi) is 2.93. The van der Waals surface area contributed by atoms with E-state index in [1.54, 1.807) is 0 Å². The van der Waals surface area contributed by atoms with Gasteiger partial charge in [0.15, 0.2) is 5.76 Å². The smallest absolute Gasteiger partial charge is 0.154 e. The van der Waals surface area contributed by atoms with Gasteiger partial charge in [-0.05, 0) is 25.5 Å². The number of anilines is 1. The lowest BCUT2D eigenvalue weighted by Gasteiger charge is -2.06. The molecule has 4 heteroatoms. The molecule has 2 heterocycles. The summed E-state index contributed by atoms with van der Waals surface area (Å²) in [5, 5.41) is 1.08. The first-order valence-corrected chi connectivity index (χ1v) is 6.72. The molecule has 3 aromatic rings. The van der Waals surface area contributed by atoms with Crippen molar-refractivity contribution in [2.45, 2.75) is 27.2 Å². The van der Waals surface area contributed by atoms with Gasteiger partial charge in [0, 0.05) is 17.4 Å². The van der Waals surface area contributed by atoms with Gasteiger partial charge in [-0.3, -0.25) is 0 Å². The zero-order chi connectivity index (χ0) is 14.3. The number of nitrogens with two attached hydrogens (primary N) is 1. The minimum absolute atomic E-state index is 0.518. The SMILES string of the molecule is CCc1nc(N)c(C)c(-c2cc3cccc(C)c3o2)n1. The van der Waals surface area contributed by atoms with Crippen LogP contribution in [-0.4, -0.2) is 9.97 Å². The highest BCUT2D eigenvalue weighted by molar-refractivity contribution is 5.85. The van der Waals surface area contributed by atoms with Gasteiger partial charge in [-0.2, -0.15) is 0 Å². The molecule has 0 aliphatic heterocycles. The zero-order valence-electron chi connectivity index (χ0n) is 11.9. The van der Waals surface area contributed by atoms with Crippen molar-refractivity contribution in [1.82, 2.24) is 9.97 Å². The summed E-state index contributed by atoms with van der Waals surface area (Å²) in [6.45, 7) is 5.97. The van der Waals surface area contributed by atoms with Crippen molar-refractivity contribution in [3.8, 4) is 11.5 Å². The Hall–Kier alpha value is -2.36. The van der Waals surface area contributed by atoms with Crippen LogP contribution in [0.1, 0.15) is 23.9 Å². The van der Waals surface area contributed by atoms with Gasteiger partial charge in [-0.15, -0.1) is 0 Å². The monoisotopic (exact) mass is 267 g/mol. The van der Waals surface area contributed by atoms with Crippen molar-refractivity contribution in [1.29, 1.82) is 0 Å². The van der Waals surface area contributed by atoms with Gasteiger partial charge in [0.1, 0.15) is 22.9 Å². The van der Waals surface area contributed by atoms with E-state index in [0.717, 1.165) is 45.8 Å². The Labute approximate surface area is 117 Å². The van der Waals surface area contributed by atoms with Crippen LogP contribution < -0.4 is 5.73 Å². The molecule has 0 aliphatic rings. The average Bonchev–Trinajstić information content (AvgIpc) is 2.87. The van der Waals surface area contributed by atoms with Gasteiger partial charge < -0.3 is 10.2 Å². The number of benzene rings is 1. The molecule has 0 saturated carbocycles. The standard InChI is InChI=1S/C16H17N3O/c1-4-13-18-14(10(3)16(17)19-13)12-8-11-7-5-6-9(2)15(11)20-12/h5-8H,4H2,1-3H3,(H2,17,18,19). The van der Waals surface area contributed by atoms with Crippen molar-refractivity contribution in [2.24, 2.45) is 0 Å². The largest absolute Gasteiger partial charge is 0.454 e. The molecule has 102 valence electrons. The molecule has 0 amide bonds. The minimum Gasteiger partial charge on any atom is -0.454 e. The van der Waals surface area contributed by atoms with Crippen LogP contribution in [0.5, 0.6) is 0 Å². The lowest BCUT2D eigenvalue weighted by atomic mass is 10.1. The number of nitrogen functional groups attached to an aromatic ring is 1. The number of nitrogens with zero attached hydrogens (tertiary/aromatic N) is 2. The van der Waals surface area contributed by atoms with Crippen molar-refractivity contribution < 1.29 is 4.42 Å². The molecular weight excluding hydrogens is 250 g/mol. The first-order valence-electron chi connectivity index (χ1n) is 6.72. The van der Waals surface area contributed by atoms with Crippen LogP contribution in [0.3, 0.4) is 0 Å². The third-order valence-electron chi connectivity index (χ3n) is 3.52. The normalized spacial score (nSPS) is 11.2. The van der Waals surface area contributed by atoms with Crippen molar-refractivity contribution in [3.63, 3.8) is 0 Å². The molecule has 0 fully saturated rings. The number of hydrogen-bond acceptors (Lipinski definition) is 4. The molecule has 0 unspecified atom stereocenters. The molecule has 20 heavy (non-hydrogen) atoms. The second-order valence-electron chi connectivity index (χ2n) is 4.96. The number of furan rings is 1. The quantitative estimate of drug-likeness (QED) is 0.769. The van der Waals surface area contributed by atoms with E-state index in [0.29, 0.717) is 5.82 Å². The maximum Gasteiger partial charge on any atom is 0.154 e. The lowest BCUT2D eigenvalue weighted by molar-refractivity contribution is 0.624. The Morgan fingerprint density at radius 3 is 2.70 bits per heavy atom. The van der Waals surface area contributed by atoms with E-state index >= 15 is 0 Å². The molecule has 2 aromatic heterocycles. The maximum atomic E-state index is 5.97. The fourth-order valence-electron chi connectivity index (χ4n) is 2.31. The summed E-state index contributed by atoms with van der Waals surface area (Å²) in [5.74, 6) is 2.00. The number of rotatable bonds is 2. The average molecular weight is 267 g/mol. The van der Waals surface area contributed by atoms with Gasteiger partial charge in [-0.25, -0.2) is 9.97 Å². The fraction of sp³-hybridized carbons (Fsp3) is 0.250. The molecule has 0 atom stereocenters. The molecule has 0 radical (unpaired) electrons. The maximum absolute atomic E-state index is 5.97. The number of para-hydroxylation sites is 1. The highest BCUT2D eigenvalue weighted by Crippen LogP contribution is 2.31. The number of hydrogen-bond donors (Lipinski definition) is 1. The van der Waals surface area contributed by atoms with Crippen LogP contribution >= 0.6 is 0 Å². The fourth-order valence-corrected chi connectivity index (χ4v) is 2.31. The molecule has 0 bridgehead atoms. The molecule has 3 rings (SSSR count). The number of aromatic nitrogens is 2.